The highest BCUT2D eigenvalue weighted by molar-refractivity contribution is 6.34. The molecule has 236 valence electrons. The number of carbonyl (C=O) groups excluding carboxylic acids is 1. The number of ether oxygens (including phenoxy) is 5. The van der Waals surface area contributed by atoms with Crippen LogP contribution in [0.1, 0.15) is 24.3 Å². The molecular weight excluding hydrogens is 629 g/mol. The van der Waals surface area contributed by atoms with Crippen molar-refractivity contribution in [3.05, 3.63) is 101 Å². The summed E-state index contributed by atoms with van der Waals surface area (Å²) in [5, 5.41) is 31.1. The number of nitro groups is 1. The monoisotopic (exact) mass is 655 g/mol. The average molecular weight is 656 g/mol. The second-order valence-electron chi connectivity index (χ2n) is 9.48. The number of nitro benzene ring substituents is 1. The lowest BCUT2D eigenvalue weighted by Crippen LogP contribution is -2.41. The van der Waals surface area contributed by atoms with E-state index < -0.39 is 59.8 Å². The number of aliphatic hydroxyl groups excluding tert-OH is 2. The molecule has 3 N–H and O–H groups in total. The zero-order chi connectivity index (χ0) is 32.0. The number of benzene rings is 2. The van der Waals surface area contributed by atoms with E-state index in [1.54, 1.807) is 12.1 Å². The van der Waals surface area contributed by atoms with Gasteiger partial charge < -0.3 is 33.9 Å². The van der Waals surface area contributed by atoms with E-state index in [1.807, 2.05) is 0 Å². The molecule has 0 bridgehead atoms. The Morgan fingerprint density at radius 3 is 2.57 bits per heavy atom. The molecule has 1 saturated heterocycles. The summed E-state index contributed by atoms with van der Waals surface area (Å²) in [5.41, 5.74) is -0.357. The summed E-state index contributed by atoms with van der Waals surface area (Å²) in [4.78, 5) is 48.2. The summed E-state index contributed by atoms with van der Waals surface area (Å²) in [6.45, 7) is 0.783. The molecule has 1 aliphatic rings. The van der Waals surface area contributed by atoms with Crippen molar-refractivity contribution in [1.82, 2.24) is 9.55 Å². The van der Waals surface area contributed by atoms with Gasteiger partial charge in [0.25, 0.3) is 11.2 Å². The highest BCUT2D eigenvalue weighted by Crippen LogP contribution is 2.34. The quantitative estimate of drug-likeness (QED) is 0.0847. The first-order chi connectivity index (χ1) is 21.0. The number of nitrogens with one attached hydrogen (secondary N) is 1. The Balaban J connectivity index is 1.31. The summed E-state index contributed by atoms with van der Waals surface area (Å²) in [6, 6.07) is 9.61. The molecule has 1 unspecified atom stereocenters. The molecule has 4 rings (SSSR count). The lowest BCUT2D eigenvalue weighted by Gasteiger charge is -2.25. The van der Waals surface area contributed by atoms with E-state index in [-0.39, 0.29) is 34.7 Å². The van der Waals surface area contributed by atoms with Crippen LogP contribution in [0.15, 0.2) is 58.3 Å². The van der Waals surface area contributed by atoms with Crippen molar-refractivity contribution in [3.63, 3.8) is 0 Å². The normalized spacial score (nSPS) is 20.3. The molecule has 0 amide bonds. The number of aliphatic hydroxyl groups is 2. The van der Waals surface area contributed by atoms with Gasteiger partial charge in [-0.25, -0.2) is 9.59 Å². The van der Waals surface area contributed by atoms with Crippen LogP contribution >= 0.6 is 23.2 Å². The smallest absolute Gasteiger partial charge is 0.434 e. The van der Waals surface area contributed by atoms with Crippen LogP contribution in [0.4, 0.5) is 10.5 Å². The van der Waals surface area contributed by atoms with Crippen LogP contribution < -0.4 is 16.0 Å². The zero-order valence-corrected chi connectivity index (χ0v) is 24.5. The third kappa shape index (κ3) is 8.21. The number of carbonyl (C=O) groups is 1. The number of hydrogen-bond acceptors (Lipinski definition) is 12. The molecular formula is C27H27Cl2N3O12. The number of aromatic amines is 1. The van der Waals surface area contributed by atoms with Gasteiger partial charge in [-0.15, -0.1) is 0 Å². The molecule has 0 aliphatic carbocycles. The number of aromatic nitrogens is 2. The highest BCUT2D eigenvalue weighted by atomic mass is 35.5. The minimum atomic E-state index is -1.33. The molecule has 5 atom stereocenters. The van der Waals surface area contributed by atoms with Gasteiger partial charge in [0.2, 0.25) is 0 Å². The van der Waals surface area contributed by atoms with Crippen LogP contribution in [0.25, 0.3) is 0 Å². The molecule has 17 heteroatoms. The Labute approximate surface area is 258 Å². The van der Waals surface area contributed by atoms with Crippen molar-refractivity contribution in [2.45, 2.75) is 50.8 Å². The van der Waals surface area contributed by atoms with Crippen LogP contribution in [-0.2, 0) is 32.0 Å². The van der Waals surface area contributed by atoms with Gasteiger partial charge in [-0.2, -0.15) is 0 Å². The van der Waals surface area contributed by atoms with E-state index in [9.17, 15) is 34.7 Å². The number of rotatable bonds is 12. The first-order valence-corrected chi connectivity index (χ1v) is 13.8. The van der Waals surface area contributed by atoms with Crippen molar-refractivity contribution in [2.24, 2.45) is 0 Å². The van der Waals surface area contributed by atoms with E-state index in [0.29, 0.717) is 12.0 Å². The second kappa shape index (κ2) is 14.8. The summed E-state index contributed by atoms with van der Waals surface area (Å²) >= 11 is 12.6. The number of halogens is 2. The molecule has 1 aromatic heterocycles. The largest absolute Gasteiger partial charge is 0.513 e. The van der Waals surface area contributed by atoms with Gasteiger partial charge >= 0.3 is 11.8 Å². The van der Waals surface area contributed by atoms with Crippen LogP contribution in [-0.4, -0.2) is 68.7 Å². The van der Waals surface area contributed by atoms with E-state index in [2.05, 4.69) is 4.98 Å². The minimum Gasteiger partial charge on any atom is -0.434 e. The van der Waals surface area contributed by atoms with Crippen LogP contribution in [0.5, 0.6) is 5.75 Å². The molecule has 2 heterocycles. The Hall–Kier alpha value is -3.83. The van der Waals surface area contributed by atoms with Gasteiger partial charge in [-0.05, 0) is 24.1 Å². The summed E-state index contributed by atoms with van der Waals surface area (Å²) in [7, 11) is 0. The minimum absolute atomic E-state index is 0.0248. The van der Waals surface area contributed by atoms with Crippen molar-refractivity contribution < 1.29 is 43.6 Å². The fourth-order valence-corrected chi connectivity index (χ4v) is 4.68. The van der Waals surface area contributed by atoms with E-state index >= 15 is 0 Å². The maximum Gasteiger partial charge on any atom is 0.513 e. The molecule has 44 heavy (non-hydrogen) atoms. The number of nitrogens with zero attached hydrogens (tertiary/aromatic N) is 2. The Morgan fingerprint density at radius 1 is 1.18 bits per heavy atom. The Bertz CT molecular complexity index is 1600. The fourth-order valence-electron chi connectivity index (χ4n) is 4.25. The number of hydrogen-bond donors (Lipinski definition) is 3. The van der Waals surface area contributed by atoms with Crippen LogP contribution in [0.3, 0.4) is 0 Å². The predicted molar refractivity (Wildman–Crippen MR) is 153 cm³/mol. The second-order valence-corrected chi connectivity index (χ2v) is 10.3. The van der Waals surface area contributed by atoms with Crippen molar-refractivity contribution >= 4 is 35.0 Å². The first-order valence-electron chi connectivity index (χ1n) is 13.1. The standard InChI is InChI=1S/C27H27Cl2N3O12/c1-14(42-24-23(35)21(12-33)43-25(24)31-8-6-22(34)30-26(31)36)41-13-16-10-19(29)20(11-18(16)28)44-27(37)40-9-7-15-2-4-17(5-3-15)32(38)39/h2-6,8,10-11,14,21,23-25,33,35H,7,9,12-13H2,1H3,(H,30,34,36)/t14?,21-,23-,24-,25-/m1/s1. The molecule has 1 aliphatic heterocycles. The SMILES string of the molecule is CC(OCc1cc(Cl)c(OC(=O)OCCc2ccc([N+](=O)[O-])cc2)cc1Cl)O[C@@H]1[C@H](O)[C@@H](CO)O[C@H]1n1ccc(=O)[nH]c1=O. The van der Waals surface area contributed by atoms with E-state index in [4.69, 9.17) is 46.9 Å². The van der Waals surface area contributed by atoms with Gasteiger partial charge in [-0.1, -0.05) is 35.3 Å². The van der Waals surface area contributed by atoms with Crippen LogP contribution in [0.2, 0.25) is 10.0 Å². The summed E-state index contributed by atoms with van der Waals surface area (Å²) < 4.78 is 28.3. The lowest BCUT2D eigenvalue weighted by atomic mass is 10.1. The summed E-state index contributed by atoms with van der Waals surface area (Å²) in [5.74, 6) is -0.0690. The average Bonchev–Trinajstić information content (AvgIpc) is 3.28. The van der Waals surface area contributed by atoms with Gasteiger partial charge in [0, 0.05) is 41.9 Å². The van der Waals surface area contributed by atoms with Gasteiger partial charge in [-0.3, -0.25) is 24.5 Å². The summed E-state index contributed by atoms with van der Waals surface area (Å²) in [6.07, 6.45) is -5.29. The number of non-ortho nitro benzene ring substituents is 1. The fraction of sp³-hybridized carbons (Fsp3) is 0.370. The first kappa shape index (κ1) is 33.1. The van der Waals surface area contributed by atoms with Crippen molar-refractivity contribution in [3.8, 4) is 5.75 Å². The molecule has 2 aromatic carbocycles. The van der Waals surface area contributed by atoms with E-state index in [1.165, 1.54) is 37.4 Å². The number of H-pyrrole nitrogens is 1. The van der Waals surface area contributed by atoms with Crippen LogP contribution in [0, 0.1) is 10.1 Å². The third-order valence-electron chi connectivity index (χ3n) is 6.49. The molecule has 0 radical (unpaired) electrons. The predicted octanol–water partition coefficient (Wildman–Crippen LogP) is 2.71. The maximum absolute atomic E-state index is 12.3. The zero-order valence-electron chi connectivity index (χ0n) is 23.0. The molecule has 1 fully saturated rings. The maximum atomic E-state index is 12.3. The third-order valence-corrected chi connectivity index (χ3v) is 7.14. The van der Waals surface area contributed by atoms with Gasteiger partial charge in [0.05, 0.1) is 29.8 Å². The van der Waals surface area contributed by atoms with Crippen molar-refractivity contribution in [2.75, 3.05) is 13.2 Å². The lowest BCUT2D eigenvalue weighted by molar-refractivity contribution is -0.384. The topological polar surface area (TPSA) is 202 Å². The van der Waals surface area contributed by atoms with Crippen molar-refractivity contribution in [1.29, 1.82) is 0 Å². The molecule has 15 nitrogen and oxygen atoms in total. The van der Waals surface area contributed by atoms with Gasteiger partial charge in [0.15, 0.2) is 18.3 Å². The molecule has 0 spiro atoms. The highest BCUT2D eigenvalue weighted by Gasteiger charge is 2.46. The Kier molecular flexibility index (Phi) is 11.1. The van der Waals surface area contributed by atoms with Gasteiger partial charge in [0.1, 0.15) is 18.3 Å². The molecule has 3 aromatic rings. The Morgan fingerprint density at radius 2 is 1.91 bits per heavy atom. The molecule has 0 saturated carbocycles. The van der Waals surface area contributed by atoms with E-state index in [0.717, 1.165) is 16.2 Å².